The molecular formula is C11H7ClF3NOS. The molecule has 2 aromatic heterocycles. The van der Waals surface area contributed by atoms with Gasteiger partial charge in [-0.2, -0.15) is 13.2 Å². The number of carbonyl (C=O) groups excluding carboxylic acids is 1. The van der Waals surface area contributed by atoms with Crippen LogP contribution in [0.15, 0.2) is 30.6 Å². The van der Waals surface area contributed by atoms with Crippen LogP contribution in [0, 0.1) is 0 Å². The number of Topliss-reactive ketones (excluding diaryl/α,β-unsaturated/α-hetero) is 1. The van der Waals surface area contributed by atoms with Crippen molar-refractivity contribution in [1.29, 1.82) is 0 Å². The predicted molar refractivity (Wildman–Crippen MR) is 63.2 cm³/mol. The summed E-state index contributed by atoms with van der Waals surface area (Å²) >= 11 is 7.09. The number of aromatic nitrogens is 1. The Labute approximate surface area is 110 Å². The molecule has 2 aromatic rings. The predicted octanol–water partition coefficient (Wildman–Crippen LogP) is 4.00. The van der Waals surface area contributed by atoms with E-state index in [1.807, 2.05) is 0 Å². The van der Waals surface area contributed by atoms with Crippen LogP contribution in [0.5, 0.6) is 0 Å². The van der Waals surface area contributed by atoms with Crippen molar-refractivity contribution in [3.63, 3.8) is 0 Å². The first-order chi connectivity index (χ1) is 8.36. The molecule has 18 heavy (non-hydrogen) atoms. The van der Waals surface area contributed by atoms with Gasteiger partial charge in [0.25, 0.3) is 5.78 Å². The Kier molecular flexibility index (Phi) is 3.49. The summed E-state index contributed by atoms with van der Waals surface area (Å²) in [6.07, 6.45) is -2.21. The Morgan fingerprint density at radius 1 is 1.33 bits per heavy atom. The monoisotopic (exact) mass is 293 g/mol. The summed E-state index contributed by atoms with van der Waals surface area (Å²) < 4.78 is 38.7. The molecule has 7 heteroatoms. The average Bonchev–Trinajstić information content (AvgIpc) is 2.86. The number of nitrogens with zero attached hydrogens (tertiary/aromatic N) is 1. The zero-order valence-electron chi connectivity index (χ0n) is 8.87. The maximum Gasteiger partial charge on any atom is 0.454 e. The van der Waals surface area contributed by atoms with E-state index in [1.54, 1.807) is 12.1 Å². The van der Waals surface area contributed by atoms with Gasteiger partial charge in [-0.1, -0.05) is 11.6 Å². The van der Waals surface area contributed by atoms with Crippen LogP contribution in [-0.2, 0) is 6.54 Å². The summed E-state index contributed by atoms with van der Waals surface area (Å²) in [4.78, 5) is 11.9. The molecule has 0 aliphatic rings. The molecule has 96 valence electrons. The van der Waals surface area contributed by atoms with Gasteiger partial charge in [0.15, 0.2) is 0 Å². The summed E-state index contributed by atoms with van der Waals surface area (Å²) in [6, 6.07) is 4.66. The highest BCUT2D eigenvalue weighted by molar-refractivity contribution is 7.16. The summed E-state index contributed by atoms with van der Waals surface area (Å²) in [5, 5.41) is 0. The van der Waals surface area contributed by atoms with E-state index in [2.05, 4.69) is 0 Å². The second kappa shape index (κ2) is 4.78. The van der Waals surface area contributed by atoms with E-state index in [0.29, 0.717) is 10.9 Å². The summed E-state index contributed by atoms with van der Waals surface area (Å²) in [6.45, 7) is 0.391. The van der Waals surface area contributed by atoms with Gasteiger partial charge in [-0.15, -0.1) is 11.3 Å². The fourth-order valence-corrected chi connectivity index (χ4v) is 2.55. The van der Waals surface area contributed by atoms with Gasteiger partial charge in [0.2, 0.25) is 0 Å². The van der Waals surface area contributed by atoms with E-state index in [-0.39, 0.29) is 5.56 Å². The number of hydrogen-bond donors (Lipinski definition) is 0. The molecule has 2 heterocycles. The minimum Gasteiger partial charge on any atom is -0.348 e. The zero-order valence-corrected chi connectivity index (χ0v) is 10.4. The molecule has 0 saturated heterocycles. The van der Waals surface area contributed by atoms with Gasteiger partial charge in [0, 0.05) is 22.8 Å². The molecule has 0 aromatic carbocycles. The van der Waals surface area contributed by atoms with Gasteiger partial charge in [-0.25, -0.2) is 0 Å². The van der Waals surface area contributed by atoms with E-state index in [9.17, 15) is 18.0 Å². The number of halogens is 4. The maximum absolute atomic E-state index is 12.2. The molecule has 0 saturated carbocycles. The first kappa shape index (κ1) is 13.2. The lowest BCUT2D eigenvalue weighted by Gasteiger charge is -2.02. The molecule has 0 aliphatic carbocycles. The smallest absolute Gasteiger partial charge is 0.348 e. The fourth-order valence-electron chi connectivity index (χ4n) is 1.45. The average molecular weight is 294 g/mol. The highest BCUT2D eigenvalue weighted by atomic mass is 35.5. The quantitative estimate of drug-likeness (QED) is 0.784. The van der Waals surface area contributed by atoms with Crippen molar-refractivity contribution >= 4 is 28.7 Å². The van der Waals surface area contributed by atoms with Crippen LogP contribution >= 0.6 is 22.9 Å². The van der Waals surface area contributed by atoms with Crippen LogP contribution in [0.25, 0.3) is 0 Å². The summed E-state index contributed by atoms with van der Waals surface area (Å²) in [5.74, 6) is -1.83. The molecule has 2 nitrogen and oxygen atoms in total. The Hall–Kier alpha value is -1.27. The van der Waals surface area contributed by atoms with E-state index in [4.69, 9.17) is 11.6 Å². The molecule has 0 aliphatic heterocycles. The number of thiophene rings is 1. The molecule has 0 fully saturated rings. The fraction of sp³-hybridized carbons (Fsp3) is 0.182. The third kappa shape index (κ3) is 2.94. The Morgan fingerprint density at radius 2 is 2.06 bits per heavy atom. The standard InChI is InChI=1S/C11H7ClF3NOS/c12-9-2-1-8(18-9)6-16-4-3-7(5-16)10(17)11(13,14)15/h1-5H,6H2. The lowest BCUT2D eigenvalue weighted by molar-refractivity contribution is -0.0885. The topological polar surface area (TPSA) is 22.0 Å². The van der Waals surface area contributed by atoms with Crippen LogP contribution in [-0.4, -0.2) is 16.5 Å². The Balaban J connectivity index is 2.14. The van der Waals surface area contributed by atoms with Crippen LogP contribution < -0.4 is 0 Å². The van der Waals surface area contributed by atoms with Crippen LogP contribution in [0.1, 0.15) is 15.2 Å². The molecule has 0 bridgehead atoms. The molecular weight excluding hydrogens is 287 g/mol. The van der Waals surface area contributed by atoms with Crippen molar-refractivity contribution in [3.8, 4) is 0 Å². The maximum atomic E-state index is 12.2. The molecule has 0 spiro atoms. The zero-order chi connectivity index (χ0) is 13.3. The minimum atomic E-state index is -4.83. The number of carbonyl (C=O) groups is 1. The lowest BCUT2D eigenvalue weighted by atomic mass is 10.2. The van der Waals surface area contributed by atoms with Crippen molar-refractivity contribution in [2.75, 3.05) is 0 Å². The van der Waals surface area contributed by atoms with E-state index >= 15 is 0 Å². The largest absolute Gasteiger partial charge is 0.454 e. The molecule has 0 atom stereocenters. The molecule has 0 radical (unpaired) electrons. The highest BCUT2D eigenvalue weighted by Crippen LogP contribution is 2.24. The number of rotatable bonds is 3. The third-order valence-electron chi connectivity index (χ3n) is 2.24. The van der Waals surface area contributed by atoms with Crippen LogP contribution in [0.3, 0.4) is 0 Å². The second-order valence-corrected chi connectivity index (χ2v) is 5.40. The van der Waals surface area contributed by atoms with Crippen LogP contribution in [0.2, 0.25) is 4.34 Å². The first-order valence-corrected chi connectivity index (χ1v) is 6.07. The SMILES string of the molecule is O=C(c1ccn(Cc2ccc(Cl)s2)c1)C(F)(F)F. The molecule has 0 amide bonds. The van der Waals surface area contributed by atoms with Crippen molar-refractivity contribution in [3.05, 3.63) is 45.4 Å². The molecule has 2 rings (SSSR count). The number of hydrogen-bond acceptors (Lipinski definition) is 2. The number of ketones is 1. The van der Waals surface area contributed by atoms with Gasteiger partial charge in [-0.3, -0.25) is 4.79 Å². The van der Waals surface area contributed by atoms with E-state index in [1.165, 1.54) is 28.3 Å². The molecule has 0 unspecified atom stereocenters. The summed E-state index contributed by atoms with van der Waals surface area (Å²) in [7, 11) is 0. The Morgan fingerprint density at radius 3 is 2.61 bits per heavy atom. The molecule has 0 N–H and O–H groups in total. The van der Waals surface area contributed by atoms with Gasteiger partial charge < -0.3 is 4.57 Å². The van der Waals surface area contributed by atoms with Crippen molar-refractivity contribution in [1.82, 2.24) is 4.57 Å². The Bertz CT molecular complexity index is 573. The normalized spacial score (nSPS) is 11.8. The first-order valence-electron chi connectivity index (χ1n) is 4.88. The van der Waals surface area contributed by atoms with Gasteiger partial charge in [0.05, 0.1) is 10.9 Å². The van der Waals surface area contributed by atoms with Gasteiger partial charge in [0.1, 0.15) is 0 Å². The van der Waals surface area contributed by atoms with E-state index < -0.39 is 12.0 Å². The van der Waals surface area contributed by atoms with Crippen LogP contribution in [0.4, 0.5) is 13.2 Å². The van der Waals surface area contributed by atoms with Gasteiger partial charge in [-0.05, 0) is 18.2 Å². The number of alkyl halides is 3. The summed E-state index contributed by atoms with van der Waals surface area (Å²) in [5.41, 5.74) is -0.356. The minimum absolute atomic E-state index is 0.356. The van der Waals surface area contributed by atoms with Crippen molar-refractivity contribution in [2.24, 2.45) is 0 Å². The lowest BCUT2D eigenvalue weighted by Crippen LogP contribution is -2.22. The third-order valence-corrected chi connectivity index (χ3v) is 3.45. The van der Waals surface area contributed by atoms with E-state index in [0.717, 1.165) is 10.9 Å². The van der Waals surface area contributed by atoms with Crippen molar-refractivity contribution < 1.29 is 18.0 Å². The highest BCUT2D eigenvalue weighted by Gasteiger charge is 2.39. The van der Waals surface area contributed by atoms with Gasteiger partial charge >= 0.3 is 6.18 Å². The van der Waals surface area contributed by atoms with Crippen molar-refractivity contribution in [2.45, 2.75) is 12.7 Å². The second-order valence-electron chi connectivity index (χ2n) is 3.61.